The van der Waals surface area contributed by atoms with Crippen LogP contribution in [0.5, 0.6) is 0 Å². The summed E-state index contributed by atoms with van der Waals surface area (Å²) in [7, 11) is 0. The topological polar surface area (TPSA) is 3.24 Å². The third-order valence-electron chi connectivity index (χ3n) is 13.9. The second kappa shape index (κ2) is 14.6. The van der Waals surface area contributed by atoms with Gasteiger partial charge in [-0.05, 0) is 139 Å². The van der Waals surface area contributed by atoms with E-state index in [-0.39, 0.29) is 10.8 Å². The van der Waals surface area contributed by atoms with Gasteiger partial charge in [-0.3, -0.25) is 0 Å². The van der Waals surface area contributed by atoms with Gasteiger partial charge in [-0.15, -0.1) is 0 Å². The van der Waals surface area contributed by atoms with Crippen molar-refractivity contribution in [2.24, 2.45) is 0 Å². The highest BCUT2D eigenvalue weighted by atomic mass is 15.1. The highest BCUT2D eigenvalue weighted by Gasteiger charge is 2.37. The number of hydrogen-bond acceptors (Lipinski definition) is 1. The van der Waals surface area contributed by atoms with Crippen molar-refractivity contribution in [1.29, 1.82) is 0 Å². The van der Waals surface area contributed by atoms with Crippen LogP contribution < -0.4 is 4.90 Å². The molecule has 1 atom stereocenters. The van der Waals surface area contributed by atoms with Gasteiger partial charge in [0.05, 0.1) is 0 Å². The first-order valence-corrected chi connectivity index (χ1v) is 21.9. The molecule has 0 saturated carbocycles. The molecule has 1 unspecified atom stereocenters. The van der Waals surface area contributed by atoms with Crippen LogP contribution in [0.4, 0.5) is 17.1 Å². The van der Waals surface area contributed by atoms with Crippen LogP contribution in [0.25, 0.3) is 56.7 Å². The fourth-order valence-electron chi connectivity index (χ4n) is 10.7. The van der Waals surface area contributed by atoms with Gasteiger partial charge in [0.15, 0.2) is 0 Å². The van der Waals surface area contributed by atoms with E-state index in [0.29, 0.717) is 0 Å². The first-order chi connectivity index (χ1) is 29.9. The van der Waals surface area contributed by atoms with Crippen molar-refractivity contribution in [3.63, 3.8) is 0 Å². The zero-order chi connectivity index (χ0) is 41.1. The van der Waals surface area contributed by atoms with E-state index in [1.54, 1.807) is 0 Å². The highest BCUT2D eigenvalue weighted by molar-refractivity contribution is 5.92. The average Bonchev–Trinajstić information content (AvgIpc) is 3.54. The van der Waals surface area contributed by atoms with Gasteiger partial charge in [0.1, 0.15) is 0 Å². The first kappa shape index (κ1) is 37.1. The molecule has 3 aliphatic carbocycles. The molecule has 61 heavy (non-hydrogen) atoms. The van der Waals surface area contributed by atoms with Crippen molar-refractivity contribution in [3.8, 4) is 44.5 Å². The van der Waals surface area contributed by atoms with Crippen molar-refractivity contribution in [2.75, 3.05) is 4.90 Å². The Bertz CT molecular complexity index is 3040. The van der Waals surface area contributed by atoms with Crippen LogP contribution in [0.15, 0.2) is 194 Å². The van der Waals surface area contributed by atoms with Crippen molar-refractivity contribution in [1.82, 2.24) is 0 Å². The third kappa shape index (κ3) is 6.14. The summed E-state index contributed by atoms with van der Waals surface area (Å²) in [5, 5.41) is 0. The summed E-state index contributed by atoms with van der Waals surface area (Å²) in [6.07, 6.45) is 12.3. The molecule has 0 amide bonds. The van der Waals surface area contributed by atoms with Gasteiger partial charge in [-0.2, -0.15) is 0 Å². The van der Waals surface area contributed by atoms with Gasteiger partial charge >= 0.3 is 0 Å². The molecule has 0 fully saturated rings. The minimum atomic E-state index is -0.199. The molecule has 0 bridgehead atoms. The Morgan fingerprint density at radius 3 is 1.75 bits per heavy atom. The molecule has 294 valence electrons. The Hall–Kier alpha value is -6.96. The zero-order valence-corrected chi connectivity index (χ0v) is 35.2. The van der Waals surface area contributed by atoms with E-state index in [1.165, 1.54) is 83.5 Å². The SMILES string of the molecule is CC1(C)c2ccccc2-c2ccc(N(c3ccc(-c4cccc5c4CCC=C5)c(-c4ccccc4)c3)c3ccc(C4(C)CC=Cc5ccccc54)c(-c4ccccc4)c3)cc21. The standard InChI is InChI=1S/C60H49N/c1-59(2)56-30-15-13-27-51(56)52-35-32-47(40-58(52)59)61(45-31-34-50(53(38-45)42-18-6-4-7-19-42)49-28-16-24-41-22-10-12-26-48(41)49)46-33-36-57(54(39-46)43-20-8-5-9-21-43)60(3)37-17-25-44-23-11-14-29-55(44)60/h4-11,13-25,27-36,38-40H,12,26,37H2,1-3H3. The van der Waals surface area contributed by atoms with E-state index < -0.39 is 0 Å². The lowest BCUT2D eigenvalue weighted by Gasteiger charge is -2.36. The maximum Gasteiger partial charge on any atom is 0.0468 e. The van der Waals surface area contributed by atoms with Gasteiger partial charge in [0.2, 0.25) is 0 Å². The summed E-state index contributed by atoms with van der Waals surface area (Å²) in [6, 6.07) is 68.2. The lowest BCUT2D eigenvalue weighted by atomic mass is 9.68. The number of benzene rings is 8. The summed E-state index contributed by atoms with van der Waals surface area (Å²) >= 11 is 0. The molecule has 3 aliphatic rings. The normalized spacial score (nSPS) is 16.6. The highest BCUT2D eigenvalue weighted by Crippen LogP contribution is 2.52. The molecule has 0 heterocycles. The summed E-state index contributed by atoms with van der Waals surface area (Å²) in [4.78, 5) is 2.51. The van der Waals surface area contributed by atoms with Crippen molar-refractivity contribution < 1.29 is 0 Å². The molecule has 0 N–H and O–H groups in total. The quantitative estimate of drug-likeness (QED) is 0.156. The van der Waals surface area contributed by atoms with Gasteiger partial charge in [0.25, 0.3) is 0 Å². The smallest absolute Gasteiger partial charge is 0.0468 e. The van der Waals surface area contributed by atoms with Crippen LogP contribution in [0.3, 0.4) is 0 Å². The molecule has 11 rings (SSSR count). The van der Waals surface area contributed by atoms with Crippen molar-refractivity contribution in [2.45, 2.75) is 50.9 Å². The van der Waals surface area contributed by atoms with Crippen molar-refractivity contribution in [3.05, 3.63) is 233 Å². The molecule has 0 spiro atoms. The molecule has 0 radical (unpaired) electrons. The van der Waals surface area contributed by atoms with Crippen LogP contribution in [0, 0.1) is 0 Å². The Morgan fingerprint density at radius 1 is 0.393 bits per heavy atom. The predicted molar refractivity (Wildman–Crippen MR) is 259 cm³/mol. The second-order valence-corrected chi connectivity index (χ2v) is 17.8. The first-order valence-electron chi connectivity index (χ1n) is 21.9. The summed E-state index contributed by atoms with van der Waals surface area (Å²) in [5.41, 5.74) is 22.8. The molecule has 8 aromatic rings. The van der Waals surface area contributed by atoms with Gasteiger partial charge < -0.3 is 4.90 Å². The molecule has 1 heteroatoms. The summed E-state index contributed by atoms with van der Waals surface area (Å²) in [5.74, 6) is 0. The third-order valence-corrected chi connectivity index (χ3v) is 13.9. The number of nitrogens with zero attached hydrogens (tertiary/aromatic N) is 1. The van der Waals surface area contributed by atoms with E-state index in [9.17, 15) is 0 Å². The molecule has 0 aliphatic heterocycles. The fraction of sp³-hybridized carbons (Fsp3) is 0.133. The van der Waals surface area contributed by atoms with E-state index in [0.717, 1.165) is 36.3 Å². The maximum atomic E-state index is 2.51. The minimum absolute atomic E-state index is 0.136. The average molecular weight is 784 g/mol. The van der Waals surface area contributed by atoms with E-state index >= 15 is 0 Å². The summed E-state index contributed by atoms with van der Waals surface area (Å²) in [6.45, 7) is 7.18. The van der Waals surface area contributed by atoms with Crippen LogP contribution in [-0.2, 0) is 17.3 Å². The van der Waals surface area contributed by atoms with Crippen LogP contribution in [0.2, 0.25) is 0 Å². The van der Waals surface area contributed by atoms with E-state index in [2.05, 4.69) is 232 Å². The second-order valence-electron chi connectivity index (χ2n) is 17.8. The molecule has 8 aromatic carbocycles. The lowest BCUT2D eigenvalue weighted by Crippen LogP contribution is -2.27. The molecular weight excluding hydrogens is 735 g/mol. The van der Waals surface area contributed by atoms with Crippen LogP contribution in [-0.4, -0.2) is 0 Å². The maximum absolute atomic E-state index is 2.51. The van der Waals surface area contributed by atoms with Gasteiger partial charge in [-0.1, -0.05) is 191 Å². The van der Waals surface area contributed by atoms with Crippen LogP contribution in [0.1, 0.15) is 72.6 Å². The van der Waals surface area contributed by atoms with Gasteiger partial charge in [-0.25, -0.2) is 0 Å². The Labute approximate surface area is 361 Å². The van der Waals surface area contributed by atoms with Gasteiger partial charge in [0, 0.05) is 27.9 Å². The number of allylic oxidation sites excluding steroid dienone is 2. The minimum Gasteiger partial charge on any atom is -0.310 e. The number of rotatable bonds is 7. The van der Waals surface area contributed by atoms with E-state index in [4.69, 9.17) is 0 Å². The number of anilines is 3. The van der Waals surface area contributed by atoms with Crippen molar-refractivity contribution >= 4 is 29.2 Å². The number of hydrogen-bond donors (Lipinski definition) is 0. The molecule has 0 aromatic heterocycles. The molecule has 1 nitrogen and oxygen atoms in total. The van der Waals surface area contributed by atoms with Crippen LogP contribution >= 0.6 is 0 Å². The lowest BCUT2D eigenvalue weighted by molar-refractivity contribution is 0.576. The Morgan fingerprint density at radius 2 is 0.967 bits per heavy atom. The monoisotopic (exact) mass is 783 g/mol. The molecular formula is C60H49N. The largest absolute Gasteiger partial charge is 0.310 e. The summed E-state index contributed by atoms with van der Waals surface area (Å²) < 4.78 is 0. The Kier molecular flexibility index (Phi) is 8.90. The fourth-order valence-corrected chi connectivity index (χ4v) is 10.7. The predicted octanol–water partition coefficient (Wildman–Crippen LogP) is 16.1. The molecule has 0 saturated heterocycles. The number of fused-ring (bicyclic) bond motifs is 5. The zero-order valence-electron chi connectivity index (χ0n) is 35.2. The van der Waals surface area contributed by atoms with E-state index in [1.807, 2.05) is 0 Å². The Balaban J connectivity index is 1.15.